The zero-order chi connectivity index (χ0) is 15.5. The Morgan fingerprint density at radius 3 is 2.64 bits per heavy atom. The fourth-order valence-electron chi connectivity index (χ4n) is 2.24. The SMILES string of the molecule is CC(=O)c1ccc(NCCn2nc3ccccn3c2=O)cc1. The summed E-state index contributed by atoms with van der Waals surface area (Å²) >= 11 is 0. The van der Waals surface area contributed by atoms with Gasteiger partial charge in [-0.05, 0) is 43.3 Å². The van der Waals surface area contributed by atoms with Gasteiger partial charge in [0.15, 0.2) is 11.4 Å². The fourth-order valence-corrected chi connectivity index (χ4v) is 2.24. The second-order valence-corrected chi connectivity index (χ2v) is 4.99. The first-order valence-electron chi connectivity index (χ1n) is 7.04. The van der Waals surface area contributed by atoms with Gasteiger partial charge < -0.3 is 5.32 Å². The molecule has 0 aliphatic heterocycles. The molecule has 1 N–H and O–H groups in total. The molecule has 0 spiro atoms. The first kappa shape index (κ1) is 14.1. The molecule has 1 aromatic carbocycles. The molecule has 0 aliphatic rings. The summed E-state index contributed by atoms with van der Waals surface area (Å²) in [6.07, 6.45) is 1.70. The van der Waals surface area contributed by atoms with Gasteiger partial charge in [0.25, 0.3) is 0 Å². The molecule has 0 atom stereocenters. The van der Waals surface area contributed by atoms with E-state index in [2.05, 4.69) is 10.4 Å². The van der Waals surface area contributed by atoms with Crippen molar-refractivity contribution in [3.05, 3.63) is 64.7 Å². The maximum atomic E-state index is 12.1. The Kier molecular flexibility index (Phi) is 3.74. The first-order valence-corrected chi connectivity index (χ1v) is 7.04. The number of nitrogens with zero attached hydrogens (tertiary/aromatic N) is 3. The summed E-state index contributed by atoms with van der Waals surface area (Å²) in [5.41, 5.74) is 2.08. The molecule has 0 aliphatic carbocycles. The number of pyridine rings is 1. The molecule has 0 fully saturated rings. The number of rotatable bonds is 5. The van der Waals surface area contributed by atoms with Gasteiger partial charge in [-0.15, -0.1) is 5.10 Å². The monoisotopic (exact) mass is 296 g/mol. The molecule has 112 valence electrons. The maximum Gasteiger partial charge on any atom is 0.350 e. The summed E-state index contributed by atoms with van der Waals surface area (Å²) in [6, 6.07) is 12.7. The minimum absolute atomic E-state index is 0.0443. The molecule has 3 aromatic rings. The number of fused-ring (bicyclic) bond motifs is 1. The van der Waals surface area contributed by atoms with Gasteiger partial charge in [0, 0.05) is 24.0 Å². The molecular formula is C16H16N4O2. The van der Waals surface area contributed by atoms with Crippen LogP contribution in [0.1, 0.15) is 17.3 Å². The average molecular weight is 296 g/mol. The van der Waals surface area contributed by atoms with Crippen molar-refractivity contribution in [2.24, 2.45) is 0 Å². The Balaban J connectivity index is 1.66. The molecule has 0 bridgehead atoms. The van der Waals surface area contributed by atoms with Gasteiger partial charge in [-0.3, -0.25) is 9.20 Å². The van der Waals surface area contributed by atoms with Crippen LogP contribution in [-0.4, -0.2) is 26.5 Å². The maximum absolute atomic E-state index is 12.1. The second kappa shape index (κ2) is 5.85. The van der Waals surface area contributed by atoms with Crippen molar-refractivity contribution < 1.29 is 4.79 Å². The van der Waals surface area contributed by atoms with E-state index in [1.165, 1.54) is 16.0 Å². The van der Waals surface area contributed by atoms with Crippen molar-refractivity contribution in [3.63, 3.8) is 0 Å². The molecule has 0 unspecified atom stereocenters. The largest absolute Gasteiger partial charge is 0.383 e. The number of ketones is 1. The van der Waals surface area contributed by atoms with E-state index >= 15 is 0 Å². The minimum Gasteiger partial charge on any atom is -0.383 e. The van der Waals surface area contributed by atoms with Crippen molar-refractivity contribution in [3.8, 4) is 0 Å². The van der Waals surface area contributed by atoms with Gasteiger partial charge in [0.1, 0.15) is 0 Å². The number of benzene rings is 1. The molecule has 0 saturated carbocycles. The first-order chi connectivity index (χ1) is 10.6. The van der Waals surface area contributed by atoms with E-state index in [9.17, 15) is 9.59 Å². The topological polar surface area (TPSA) is 68.4 Å². The van der Waals surface area contributed by atoms with Crippen LogP contribution in [0.5, 0.6) is 0 Å². The van der Waals surface area contributed by atoms with Crippen LogP contribution in [0.2, 0.25) is 0 Å². The Hall–Kier alpha value is -2.89. The van der Waals surface area contributed by atoms with Crippen LogP contribution in [0.15, 0.2) is 53.5 Å². The lowest BCUT2D eigenvalue weighted by atomic mass is 10.1. The third-order valence-corrected chi connectivity index (χ3v) is 3.43. The second-order valence-electron chi connectivity index (χ2n) is 4.99. The number of aromatic nitrogens is 3. The Bertz CT molecular complexity index is 862. The highest BCUT2D eigenvalue weighted by atomic mass is 16.2. The molecule has 2 aromatic heterocycles. The molecule has 0 amide bonds. The number of anilines is 1. The van der Waals surface area contributed by atoms with Crippen LogP contribution in [0.4, 0.5) is 5.69 Å². The predicted octanol–water partition coefficient (Wildman–Crippen LogP) is 1.81. The molecule has 0 radical (unpaired) electrons. The molecule has 22 heavy (non-hydrogen) atoms. The zero-order valence-corrected chi connectivity index (χ0v) is 12.2. The quantitative estimate of drug-likeness (QED) is 0.729. The number of Topliss-reactive ketones (excluding diaryl/α,β-unsaturated/α-hetero) is 1. The lowest BCUT2D eigenvalue weighted by molar-refractivity contribution is 0.101. The molecule has 6 heteroatoms. The number of hydrogen-bond donors (Lipinski definition) is 1. The summed E-state index contributed by atoms with van der Waals surface area (Å²) in [5.74, 6) is 0.0443. The van der Waals surface area contributed by atoms with Crippen LogP contribution in [0.3, 0.4) is 0 Å². The smallest absolute Gasteiger partial charge is 0.350 e. The van der Waals surface area contributed by atoms with E-state index in [1.54, 1.807) is 30.5 Å². The van der Waals surface area contributed by atoms with Gasteiger partial charge in [0.05, 0.1) is 6.54 Å². The van der Waals surface area contributed by atoms with E-state index in [0.29, 0.717) is 24.3 Å². The lowest BCUT2D eigenvalue weighted by Crippen LogP contribution is -2.24. The summed E-state index contributed by atoms with van der Waals surface area (Å²) in [4.78, 5) is 23.3. The van der Waals surface area contributed by atoms with Crippen molar-refractivity contribution in [1.82, 2.24) is 14.2 Å². The number of hydrogen-bond acceptors (Lipinski definition) is 4. The highest BCUT2D eigenvalue weighted by molar-refractivity contribution is 5.94. The Labute approximate surface area is 127 Å². The molecule has 2 heterocycles. The van der Waals surface area contributed by atoms with Gasteiger partial charge in [-0.25, -0.2) is 9.48 Å². The van der Waals surface area contributed by atoms with Crippen molar-refractivity contribution in [1.29, 1.82) is 0 Å². The summed E-state index contributed by atoms with van der Waals surface area (Å²) in [7, 11) is 0. The van der Waals surface area contributed by atoms with Gasteiger partial charge in [-0.2, -0.15) is 0 Å². The van der Waals surface area contributed by atoms with Gasteiger partial charge in [0.2, 0.25) is 0 Å². The standard InChI is InChI=1S/C16H16N4O2/c1-12(21)13-5-7-14(8-6-13)17-9-11-20-16(22)19-10-3-2-4-15(19)18-20/h2-8,10,17H,9,11H2,1H3. The zero-order valence-electron chi connectivity index (χ0n) is 12.2. The normalized spacial score (nSPS) is 10.8. The average Bonchev–Trinajstić information content (AvgIpc) is 2.85. The van der Waals surface area contributed by atoms with E-state index in [1.807, 2.05) is 18.2 Å². The van der Waals surface area contributed by atoms with E-state index in [0.717, 1.165) is 5.69 Å². The van der Waals surface area contributed by atoms with Gasteiger partial charge in [-0.1, -0.05) is 6.07 Å². The van der Waals surface area contributed by atoms with Crippen LogP contribution < -0.4 is 11.0 Å². The van der Waals surface area contributed by atoms with Crippen molar-refractivity contribution in [2.75, 3.05) is 11.9 Å². The molecular weight excluding hydrogens is 280 g/mol. The number of nitrogens with one attached hydrogen (secondary N) is 1. The number of carbonyl (C=O) groups excluding carboxylic acids is 1. The highest BCUT2D eigenvalue weighted by Crippen LogP contribution is 2.09. The Morgan fingerprint density at radius 2 is 1.95 bits per heavy atom. The van der Waals surface area contributed by atoms with Crippen LogP contribution in [0, 0.1) is 0 Å². The molecule has 3 rings (SSSR count). The van der Waals surface area contributed by atoms with E-state index in [-0.39, 0.29) is 11.5 Å². The fraction of sp³-hybridized carbons (Fsp3) is 0.188. The van der Waals surface area contributed by atoms with Gasteiger partial charge >= 0.3 is 5.69 Å². The van der Waals surface area contributed by atoms with Crippen LogP contribution >= 0.6 is 0 Å². The number of carbonyl (C=O) groups is 1. The van der Waals surface area contributed by atoms with E-state index in [4.69, 9.17) is 0 Å². The molecule has 6 nitrogen and oxygen atoms in total. The Morgan fingerprint density at radius 1 is 1.18 bits per heavy atom. The highest BCUT2D eigenvalue weighted by Gasteiger charge is 2.05. The van der Waals surface area contributed by atoms with Crippen LogP contribution in [0.25, 0.3) is 5.65 Å². The minimum atomic E-state index is -0.149. The lowest BCUT2D eigenvalue weighted by Gasteiger charge is -2.06. The van der Waals surface area contributed by atoms with Crippen molar-refractivity contribution in [2.45, 2.75) is 13.5 Å². The summed E-state index contributed by atoms with van der Waals surface area (Å²) < 4.78 is 2.95. The van der Waals surface area contributed by atoms with Crippen molar-refractivity contribution >= 4 is 17.1 Å². The third kappa shape index (κ3) is 2.76. The summed E-state index contributed by atoms with van der Waals surface area (Å²) in [5, 5.41) is 7.47. The summed E-state index contributed by atoms with van der Waals surface area (Å²) in [6.45, 7) is 2.58. The van der Waals surface area contributed by atoms with E-state index < -0.39 is 0 Å². The molecule has 0 saturated heterocycles. The third-order valence-electron chi connectivity index (χ3n) is 3.43. The predicted molar refractivity (Wildman–Crippen MR) is 84.4 cm³/mol. The van der Waals surface area contributed by atoms with Crippen LogP contribution in [-0.2, 0) is 6.54 Å².